The van der Waals surface area contributed by atoms with E-state index in [1.807, 2.05) is 18.2 Å². The lowest BCUT2D eigenvalue weighted by Crippen LogP contribution is -2.26. The molecular weight excluding hydrogens is 216 g/mol. The van der Waals surface area contributed by atoms with Crippen LogP contribution in [0.4, 0.5) is 0 Å². The Morgan fingerprint density at radius 2 is 1.94 bits per heavy atom. The molecule has 0 bridgehead atoms. The number of unbranched alkanes of at least 4 members (excludes halogenated alkanes) is 3. The number of hydrogen-bond acceptors (Lipinski definition) is 2. The first-order valence-electron chi connectivity index (χ1n) is 6.18. The molecule has 94 valence electrons. The predicted molar refractivity (Wildman–Crippen MR) is 67.3 cm³/mol. The molecule has 3 heteroatoms. The number of rotatable bonds is 8. The number of carboxylic acids is 1. The predicted octanol–water partition coefficient (Wildman–Crippen LogP) is 3.49. The van der Waals surface area contributed by atoms with E-state index < -0.39 is 12.1 Å². The van der Waals surface area contributed by atoms with Crippen molar-refractivity contribution in [1.82, 2.24) is 0 Å². The number of ether oxygens (including phenoxy) is 1. The van der Waals surface area contributed by atoms with Gasteiger partial charge in [0.2, 0.25) is 0 Å². The first-order valence-corrected chi connectivity index (χ1v) is 6.18. The van der Waals surface area contributed by atoms with Gasteiger partial charge in [0.1, 0.15) is 5.75 Å². The van der Waals surface area contributed by atoms with Crippen molar-refractivity contribution in [2.75, 3.05) is 0 Å². The zero-order valence-corrected chi connectivity index (χ0v) is 10.3. The third kappa shape index (κ3) is 5.38. The molecule has 0 fully saturated rings. The Morgan fingerprint density at radius 1 is 1.24 bits per heavy atom. The molecule has 0 heterocycles. The monoisotopic (exact) mass is 236 g/mol. The average Bonchev–Trinajstić information content (AvgIpc) is 2.34. The van der Waals surface area contributed by atoms with Crippen molar-refractivity contribution >= 4 is 5.97 Å². The van der Waals surface area contributed by atoms with Crippen LogP contribution in [-0.2, 0) is 4.79 Å². The molecule has 1 unspecified atom stereocenters. The van der Waals surface area contributed by atoms with E-state index in [2.05, 4.69) is 6.92 Å². The van der Waals surface area contributed by atoms with Crippen LogP contribution in [0, 0.1) is 0 Å². The quantitative estimate of drug-likeness (QED) is 0.703. The number of aliphatic carboxylic acids is 1. The van der Waals surface area contributed by atoms with Crippen LogP contribution in [0.3, 0.4) is 0 Å². The van der Waals surface area contributed by atoms with Crippen LogP contribution in [0.25, 0.3) is 0 Å². The minimum absolute atomic E-state index is 0.574. The summed E-state index contributed by atoms with van der Waals surface area (Å²) in [6.07, 6.45) is 4.11. The van der Waals surface area contributed by atoms with E-state index >= 15 is 0 Å². The van der Waals surface area contributed by atoms with E-state index in [4.69, 9.17) is 9.84 Å². The highest BCUT2D eigenvalue weighted by Crippen LogP contribution is 2.15. The van der Waals surface area contributed by atoms with E-state index in [-0.39, 0.29) is 0 Å². The molecule has 1 atom stereocenters. The van der Waals surface area contributed by atoms with Gasteiger partial charge in [0.25, 0.3) is 0 Å². The molecule has 1 N–H and O–H groups in total. The number of benzene rings is 1. The fourth-order valence-electron chi connectivity index (χ4n) is 1.65. The normalized spacial score (nSPS) is 12.1. The summed E-state index contributed by atoms with van der Waals surface area (Å²) in [5.74, 6) is -0.263. The van der Waals surface area contributed by atoms with Gasteiger partial charge in [-0.1, -0.05) is 44.4 Å². The maximum absolute atomic E-state index is 11.0. The lowest BCUT2D eigenvalue weighted by molar-refractivity contribution is -0.145. The second-order valence-electron chi connectivity index (χ2n) is 4.11. The van der Waals surface area contributed by atoms with Gasteiger partial charge in [-0.05, 0) is 25.0 Å². The van der Waals surface area contributed by atoms with Gasteiger partial charge in [-0.3, -0.25) is 0 Å². The molecule has 0 aromatic heterocycles. The van der Waals surface area contributed by atoms with Crippen LogP contribution in [0.1, 0.15) is 39.0 Å². The maximum Gasteiger partial charge on any atom is 0.344 e. The summed E-state index contributed by atoms with van der Waals surface area (Å²) < 4.78 is 5.46. The number of carbonyl (C=O) groups is 1. The molecule has 17 heavy (non-hydrogen) atoms. The summed E-state index contributed by atoms with van der Waals surface area (Å²) in [6, 6.07) is 9.12. The fourth-order valence-corrected chi connectivity index (χ4v) is 1.65. The summed E-state index contributed by atoms with van der Waals surface area (Å²) in [5, 5.41) is 9.07. The van der Waals surface area contributed by atoms with E-state index in [1.54, 1.807) is 12.1 Å². The van der Waals surface area contributed by atoms with Crippen molar-refractivity contribution in [2.24, 2.45) is 0 Å². The van der Waals surface area contributed by atoms with Crippen LogP contribution in [0.5, 0.6) is 5.75 Å². The molecule has 0 aliphatic carbocycles. The molecule has 0 aliphatic rings. The topological polar surface area (TPSA) is 46.5 Å². The standard InChI is InChI=1S/C14H20O3/c1-2-3-4-8-11-13(14(15)16)17-12-9-6-5-7-10-12/h5-7,9-10,13H,2-4,8,11H2,1H3,(H,15,16). The molecule has 1 rings (SSSR count). The van der Waals surface area contributed by atoms with E-state index in [1.165, 1.54) is 0 Å². The molecule has 1 aromatic rings. The second-order valence-corrected chi connectivity index (χ2v) is 4.11. The molecule has 0 spiro atoms. The maximum atomic E-state index is 11.0. The Kier molecular flexibility index (Phi) is 6.15. The molecule has 1 aromatic carbocycles. The van der Waals surface area contributed by atoms with Crippen molar-refractivity contribution in [1.29, 1.82) is 0 Å². The highest BCUT2D eigenvalue weighted by Gasteiger charge is 2.18. The lowest BCUT2D eigenvalue weighted by Gasteiger charge is -2.14. The van der Waals surface area contributed by atoms with Crippen LogP contribution in [-0.4, -0.2) is 17.2 Å². The minimum Gasteiger partial charge on any atom is -0.479 e. The van der Waals surface area contributed by atoms with Crippen LogP contribution in [0.2, 0.25) is 0 Å². The smallest absolute Gasteiger partial charge is 0.344 e. The first-order chi connectivity index (χ1) is 8.24. The minimum atomic E-state index is -0.884. The largest absolute Gasteiger partial charge is 0.479 e. The third-order valence-corrected chi connectivity index (χ3v) is 2.62. The van der Waals surface area contributed by atoms with Crippen LogP contribution in [0.15, 0.2) is 30.3 Å². The number of hydrogen-bond donors (Lipinski definition) is 1. The second kappa shape index (κ2) is 7.71. The number of para-hydroxylation sites is 1. The van der Waals surface area contributed by atoms with Gasteiger partial charge in [0, 0.05) is 0 Å². The Morgan fingerprint density at radius 3 is 2.53 bits per heavy atom. The molecule has 0 saturated heterocycles. The van der Waals surface area contributed by atoms with Crippen molar-refractivity contribution in [2.45, 2.75) is 45.1 Å². The molecule has 0 aliphatic heterocycles. The zero-order valence-electron chi connectivity index (χ0n) is 10.3. The lowest BCUT2D eigenvalue weighted by atomic mass is 10.1. The third-order valence-electron chi connectivity index (χ3n) is 2.62. The van der Waals surface area contributed by atoms with Crippen molar-refractivity contribution < 1.29 is 14.6 Å². The molecule has 0 radical (unpaired) electrons. The Hall–Kier alpha value is -1.51. The highest BCUT2D eigenvalue weighted by molar-refractivity contribution is 5.72. The van der Waals surface area contributed by atoms with Crippen LogP contribution < -0.4 is 4.74 Å². The van der Waals surface area contributed by atoms with Crippen LogP contribution >= 0.6 is 0 Å². The van der Waals surface area contributed by atoms with Gasteiger partial charge in [-0.15, -0.1) is 0 Å². The molecule has 3 nitrogen and oxygen atoms in total. The van der Waals surface area contributed by atoms with Gasteiger partial charge in [0.05, 0.1) is 0 Å². The summed E-state index contributed by atoms with van der Waals surface area (Å²) in [6.45, 7) is 2.13. The SMILES string of the molecule is CCCCCCC(Oc1ccccc1)C(=O)O. The molecule has 0 amide bonds. The Labute approximate surface area is 102 Å². The average molecular weight is 236 g/mol. The summed E-state index contributed by atoms with van der Waals surface area (Å²) >= 11 is 0. The van der Waals surface area contributed by atoms with E-state index in [9.17, 15) is 4.79 Å². The van der Waals surface area contributed by atoms with Crippen molar-refractivity contribution in [3.63, 3.8) is 0 Å². The van der Waals surface area contributed by atoms with E-state index in [0.717, 1.165) is 25.7 Å². The summed E-state index contributed by atoms with van der Waals surface area (Å²) in [7, 11) is 0. The first kappa shape index (κ1) is 13.6. The highest BCUT2D eigenvalue weighted by atomic mass is 16.5. The molecular formula is C14H20O3. The van der Waals surface area contributed by atoms with Gasteiger partial charge < -0.3 is 9.84 Å². The number of carboxylic acid groups (broad SMARTS) is 1. The van der Waals surface area contributed by atoms with Gasteiger partial charge >= 0.3 is 5.97 Å². The van der Waals surface area contributed by atoms with Gasteiger partial charge in [0.15, 0.2) is 6.10 Å². The van der Waals surface area contributed by atoms with Gasteiger partial charge in [-0.2, -0.15) is 0 Å². The summed E-state index contributed by atoms with van der Waals surface area (Å²) in [4.78, 5) is 11.0. The van der Waals surface area contributed by atoms with Gasteiger partial charge in [-0.25, -0.2) is 4.79 Å². The summed E-state index contributed by atoms with van der Waals surface area (Å²) in [5.41, 5.74) is 0. The van der Waals surface area contributed by atoms with Crippen molar-refractivity contribution in [3.05, 3.63) is 30.3 Å². The fraction of sp³-hybridized carbons (Fsp3) is 0.500. The Bertz CT molecular complexity index is 321. The zero-order chi connectivity index (χ0) is 12.5. The van der Waals surface area contributed by atoms with E-state index in [0.29, 0.717) is 12.2 Å². The van der Waals surface area contributed by atoms with Crippen molar-refractivity contribution in [3.8, 4) is 5.75 Å². The molecule has 0 saturated carbocycles. The Balaban J connectivity index is 2.41.